The molecule has 0 fully saturated rings. The molecule has 1 heterocycles. The summed E-state index contributed by atoms with van der Waals surface area (Å²) in [6.07, 6.45) is 2.48. The van der Waals surface area contributed by atoms with Crippen LogP contribution in [0.2, 0.25) is 0 Å². The van der Waals surface area contributed by atoms with E-state index in [1.54, 1.807) is 12.1 Å². The van der Waals surface area contributed by atoms with E-state index in [1.165, 1.54) is 6.92 Å². The van der Waals surface area contributed by atoms with Crippen LogP contribution in [0.25, 0.3) is 0 Å². The van der Waals surface area contributed by atoms with Crippen molar-refractivity contribution in [2.75, 3.05) is 0 Å². The Kier molecular flexibility index (Phi) is 2.75. The van der Waals surface area contributed by atoms with Gasteiger partial charge in [-0.25, -0.2) is 4.98 Å². The molecule has 1 aromatic rings. The first kappa shape index (κ1) is 8.65. The number of hydrogen-bond donors (Lipinski definition) is 0. The minimum Gasteiger partial charge on any atom is -0.293 e. The van der Waals surface area contributed by atoms with E-state index >= 15 is 0 Å². The number of pyridine rings is 1. The lowest BCUT2D eigenvalue weighted by molar-refractivity contribution is 0.101. The second-order valence-corrected chi connectivity index (χ2v) is 2.56. The normalized spacial score (nSPS) is 9.42. The summed E-state index contributed by atoms with van der Waals surface area (Å²) >= 11 is 0. The number of nitrogens with zero attached hydrogens (tertiary/aromatic N) is 1. The van der Waals surface area contributed by atoms with Crippen LogP contribution < -0.4 is 0 Å². The lowest BCUT2D eigenvalue weighted by Crippen LogP contribution is -1.98. The Morgan fingerprint density at radius 2 is 2.42 bits per heavy atom. The summed E-state index contributed by atoms with van der Waals surface area (Å²) in [5.41, 5.74) is 1.41. The van der Waals surface area contributed by atoms with Crippen molar-refractivity contribution in [3.63, 3.8) is 0 Å². The standard InChI is InChI=1S/C10H11NO/c1-3-5-9-6-4-7-10(11-9)8(2)12/h3-4,6-7H,1,5H2,2H3. The fourth-order valence-electron chi connectivity index (χ4n) is 0.937. The van der Waals surface area contributed by atoms with Crippen LogP contribution in [0.4, 0.5) is 0 Å². The molecule has 0 bridgehead atoms. The van der Waals surface area contributed by atoms with Crippen LogP contribution in [0.5, 0.6) is 0 Å². The monoisotopic (exact) mass is 161 g/mol. The van der Waals surface area contributed by atoms with Gasteiger partial charge in [-0.05, 0) is 12.1 Å². The molecule has 12 heavy (non-hydrogen) atoms. The summed E-state index contributed by atoms with van der Waals surface area (Å²) in [4.78, 5) is 15.1. The van der Waals surface area contributed by atoms with Crippen molar-refractivity contribution >= 4 is 5.78 Å². The van der Waals surface area contributed by atoms with E-state index in [2.05, 4.69) is 11.6 Å². The van der Waals surface area contributed by atoms with Crippen molar-refractivity contribution < 1.29 is 4.79 Å². The maximum Gasteiger partial charge on any atom is 0.178 e. The van der Waals surface area contributed by atoms with Crippen molar-refractivity contribution in [2.24, 2.45) is 0 Å². The van der Waals surface area contributed by atoms with E-state index in [9.17, 15) is 4.79 Å². The van der Waals surface area contributed by atoms with E-state index in [4.69, 9.17) is 0 Å². The summed E-state index contributed by atoms with van der Waals surface area (Å²) in [6, 6.07) is 5.44. The lowest BCUT2D eigenvalue weighted by atomic mass is 10.2. The Morgan fingerprint density at radius 1 is 1.67 bits per heavy atom. The quantitative estimate of drug-likeness (QED) is 0.501. The molecule has 0 spiro atoms. The van der Waals surface area contributed by atoms with Crippen LogP contribution in [0, 0.1) is 0 Å². The van der Waals surface area contributed by atoms with Gasteiger partial charge < -0.3 is 0 Å². The molecule has 2 nitrogen and oxygen atoms in total. The molecule has 0 radical (unpaired) electrons. The van der Waals surface area contributed by atoms with Gasteiger partial charge in [-0.15, -0.1) is 6.58 Å². The summed E-state index contributed by atoms with van der Waals surface area (Å²) in [6.45, 7) is 5.12. The molecule has 1 rings (SSSR count). The number of aromatic nitrogens is 1. The zero-order valence-electron chi connectivity index (χ0n) is 7.08. The molecule has 62 valence electrons. The highest BCUT2D eigenvalue weighted by atomic mass is 16.1. The smallest absolute Gasteiger partial charge is 0.178 e. The average molecular weight is 161 g/mol. The van der Waals surface area contributed by atoms with E-state index in [0.29, 0.717) is 12.1 Å². The molecule has 2 heteroatoms. The number of hydrogen-bond acceptors (Lipinski definition) is 2. The van der Waals surface area contributed by atoms with Gasteiger partial charge in [-0.2, -0.15) is 0 Å². The van der Waals surface area contributed by atoms with E-state index in [-0.39, 0.29) is 5.78 Å². The van der Waals surface area contributed by atoms with E-state index in [1.807, 2.05) is 12.1 Å². The topological polar surface area (TPSA) is 30.0 Å². The van der Waals surface area contributed by atoms with E-state index in [0.717, 1.165) is 5.69 Å². The van der Waals surface area contributed by atoms with Crippen molar-refractivity contribution in [3.05, 3.63) is 42.2 Å². The molecule has 0 unspecified atom stereocenters. The number of carbonyl (C=O) groups is 1. The minimum absolute atomic E-state index is 0.000845. The second kappa shape index (κ2) is 3.81. The highest BCUT2D eigenvalue weighted by molar-refractivity contribution is 5.92. The van der Waals surface area contributed by atoms with Crippen LogP contribution in [0.3, 0.4) is 0 Å². The van der Waals surface area contributed by atoms with Gasteiger partial charge in [0.2, 0.25) is 0 Å². The molecule has 0 saturated carbocycles. The fourth-order valence-corrected chi connectivity index (χ4v) is 0.937. The SMILES string of the molecule is C=CCc1cccc(C(C)=O)n1. The van der Waals surface area contributed by atoms with Gasteiger partial charge in [0.05, 0.1) is 0 Å². The zero-order valence-corrected chi connectivity index (χ0v) is 7.08. The van der Waals surface area contributed by atoms with Crippen molar-refractivity contribution in [3.8, 4) is 0 Å². The van der Waals surface area contributed by atoms with Gasteiger partial charge in [0, 0.05) is 19.0 Å². The summed E-state index contributed by atoms with van der Waals surface area (Å²) < 4.78 is 0. The first-order valence-electron chi connectivity index (χ1n) is 3.82. The highest BCUT2D eigenvalue weighted by Crippen LogP contribution is 2.01. The Labute approximate surface area is 71.9 Å². The van der Waals surface area contributed by atoms with Gasteiger partial charge in [-0.3, -0.25) is 4.79 Å². The largest absolute Gasteiger partial charge is 0.293 e. The molecular formula is C10H11NO. The van der Waals surface area contributed by atoms with Crippen molar-refractivity contribution in [2.45, 2.75) is 13.3 Å². The molecule has 0 amide bonds. The number of carbonyl (C=O) groups excluding carboxylic acids is 1. The third-order valence-electron chi connectivity index (χ3n) is 1.52. The van der Waals surface area contributed by atoms with Crippen LogP contribution >= 0.6 is 0 Å². The third kappa shape index (κ3) is 2.02. The number of ketones is 1. The molecule has 0 aliphatic carbocycles. The Hall–Kier alpha value is -1.44. The first-order chi connectivity index (χ1) is 5.74. The zero-order chi connectivity index (χ0) is 8.97. The number of rotatable bonds is 3. The number of Topliss-reactive ketones (excluding diaryl/α,β-unsaturated/α-hetero) is 1. The molecule has 0 aliphatic rings. The molecule has 0 saturated heterocycles. The van der Waals surface area contributed by atoms with Crippen molar-refractivity contribution in [1.29, 1.82) is 0 Å². The predicted octanol–water partition coefficient (Wildman–Crippen LogP) is 2.01. The maximum atomic E-state index is 10.9. The van der Waals surface area contributed by atoms with Crippen LogP contribution in [0.15, 0.2) is 30.9 Å². The van der Waals surface area contributed by atoms with Gasteiger partial charge in [-0.1, -0.05) is 12.1 Å². The minimum atomic E-state index is 0.000845. The highest BCUT2D eigenvalue weighted by Gasteiger charge is 2.00. The maximum absolute atomic E-state index is 10.9. The van der Waals surface area contributed by atoms with Gasteiger partial charge in [0.25, 0.3) is 0 Å². The van der Waals surface area contributed by atoms with Crippen molar-refractivity contribution in [1.82, 2.24) is 4.98 Å². The Balaban J connectivity index is 2.95. The molecule has 0 aromatic carbocycles. The van der Waals surface area contributed by atoms with Crippen LogP contribution in [-0.4, -0.2) is 10.8 Å². The number of allylic oxidation sites excluding steroid dienone is 1. The second-order valence-electron chi connectivity index (χ2n) is 2.56. The lowest BCUT2D eigenvalue weighted by Gasteiger charge is -1.97. The summed E-state index contributed by atoms with van der Waals surface area (Å²) in [5, 5.41) is 0. The molecule has 0 atom stereocenters. The van der Waals surface area contributed by atoms with Gasteiger partial charge in [0.15, 0.2) is 5.78 Å². The Morgan fingerprint density at radius 3 is 3.00 bits per heavy atom. The third-order valence-corrected chi connectivity index (χ3v) is 1.52. The summed E-state index contributed by atoms with van der Waals surface area (Å²) in [5.74, 6) is 0.000845. The van der Waals surface area contributed by atoms with Crippen LogP contribution in [-0.2, 0) is 6.42 Å². The first-order valence-corrected chi connectivity index (χ1v) is 3.82. The Bertz CT molecular complexity index is 304. The fraction of sp³-hybridized carbons (Fsp3) is 0.200. The predicted molar refractivity (Wildman–Crippen MR) is 48.1 cm³/mol. The van der Waals surface area contributed by atoms with Gasteiger partial charge in [0.1, 0.15) is 5.69 Å². The molecular weight excluding hydrogens is 150 g/mol. The molecule has 1 aromatic heterocycles. The van der Waals surface area contributed by atoms with Crippen LogP contribution in [0.1, 0.15) is 23.1 Å². The van der Waals surface area contributed by atoms with Gasteiger partial charge >= 0.3 is 0 Å². The molecule has 0 aliphatic heterocycles. The summed E-state index contributed by atoms with van der Waals surface area (Å²) in [7, 11) is 0. The average Bonchev–Trinajstić information content (AvgIpc) is 2.05. The van der Waals surface area contributed by atoms with E-state index < -0.39 is 0 Å². The molecule has 0 N–H and O–H groups in total.